The van der Waals surface area contributed by atoms with Crippen LogP contribution in [0.1, 0.15) is 25.8 Å². The molecule has 0 aliphatic heterocycles. The number of ether oxygens (including phenoxy) is 1. The average Bonchev–Trinajstić information content (AvgIpc) is 2.66. The van der Waals surface area contributed by atoms with Gasteiger partial charge in [0.15, 0.2) is 0 Å². The van der Waals surface area contributed by atoms with E-state index >= 15 is 0 Å². The van der Waals surface area contributed by atoms with Gasteiger partial charge in [0.2, 0.25) is 5.91 Å². The molecule has 1 amide bonds. The molecule has 1 N–H and O–H groups in total. The summed E-state index contributed by atoms with van der Waals surface area (Å²) in [5, 5.41) is 2.93. The van der Waals surface area contributed by atoms with Crippen molar-refractivity contribution < 1.29 is 9.53 Å². The summed E-state index contributed by atoms with van der Waals surface area (Å²) in [6.07, 6.45) is 1.23. The van der Waals surface area contributed by atoms with Gasteiger partial charge in [-0.25, -0.2) is 0 Å². The Morgan fingerprint density at radius 2 is 1.68 bits per heavy atom. The van der Waals surface area contributed by atoms with Crippen LogP contribution in [0.3, 0.4) is 0 Å². The number of carbonyl (C=O) groups excluding carboxylic acids is 1. The van der Waals surface area contributed by atoms with E-state index in [2.05, 4.69) is 24.1 Å². The van der Waals surface area contributed by atoms with Gasteiger partial charge in [0.1, 0.15) is 12.4 Å². The molecule has 2 aromatic carbocycles. The molecule has 0 atom stereocenters. The first kappa shape index (κ1) is 19.0. The van der Waals surface area contributed by atoms with Crippen LogP contribution in [0.25, 0.3) is 0 Å². The smallest absolute Gasteiger partial charge is 0.224 e. The largest absolute Gasteiger partial charge is 0.492 e. The monoisotopic (exact) mass is 340 g/mol. The van der Waals surface area contributed by atoms with Crippen LogP contribution >= 0.6 is 0 Å². The number of aryl methyl sites for hydroxylation is 1. The van der Waals surface area contributed by atoms with Crippen LogP contribution in [0.4, 0.5) is 5.69 Å². The number of likely N-dealkylation sites (N-methyl/N-ethyl adjacent to an activating group) is 1. The highest BCUT2D eigenvalue weighted by Crippen LogP contribution is 2.16. The maximum absolute atomic E-state index is 12.0. The van der Waals surface area contributed by atoms with Crippen LogP contribution in [0, 0.1) is 0 Å². The molecule has 4 nitrogen and oxygen atoms in total. The van der Waals surface area contributed by atoms with Crippen LogP contribution in [-0.4, -0.2) is 37.0 Å². The lowest BCUT2D eigenvalue weighted by Crippen LogP contribution is -2.27. The number of hydrogen-bond donors (Lipinski definition) is 1. The number of benzene rings is 2. The summed E-state index contributed by atoms with van der Waals surface area (Å²) in [4.78, 5) is 14.4. The van der Waals surface area contributed by atoms with E-state index in [-0.39, 0.29) is 5.91 Å². The summed E-state index contributed by atoms with van der Waals surface area (Å²) < 4.78 is 5.75. The van der Waals surface area contributed by atoms with Gasteiger partial charge in [-0.15, -0.1) is 0 Å². The average molecular weight is 340 g/mol. The molecule has 0 aromatic heterocycles. The fourth-order valence-electron chi connectivity index (χ4n) is 2.59. The van der Waals surface area contributed by atoms with Crippen LogP contribution in [0.2, 0.25) is 0 Å². The number of rotatable bonds is 10. The molecule has 0 fully saturated rings. The Morgan fingerprint density at radius 3 is 2.32 bits per heavy atom. The van der Waals surface area contributed by atoms with E-state index in [1.54, 1.807) is 0 Å². The normalized spacial score (nSPS) is 10.7. The van der Waals surface area contributed by atoms with Crippen molar-refractivity contribution in [2.24, 2.45) is 0 Å². The minimum absolute atomic E-state index is 0.0269. The van der Waals surface area contributed by atoms with Gasteiger partial charge in [0.05, 0.1) is 0 Å². The second-order valence-electron chi connectivity index (χ2n) is 5.93. The van der Waals surface area contributed by atoms with Crippen LogP contribution in [0.5, 0.6) is 5.75 Å². The van der Waals surface area contributed by atoms with E-state index in [0.717, 1.165) is 37.5 Å². The summed E-state index contributed by atoms with van der Waals surface area (Å²) in [6.45, 7) is 7.97. The SMILES string of the molecule is CCN(CC)CCOc1ccc(NC(=O)CCc2ccccc2)cc1. The molecule has 0 bridgehead atoms. The van der Waals surface area contributed by atoms with Gasteiger partial charge in [-0.3, -0.25) is 4.79 Å². The van der Waals surface area contributed by atoms with Gasteiger partial charge in [-0.2, -0.15) is 0 Å². The Hall–Kier alpha value is -2.33. The van der Waals surface area contributed by atoms with Crippen molar-refractivity contribution in [2.45, 2.75) is 26.7 Å². The third-order valence-electron chi connectivity index (χ3n) is 4.19. The van der Waals surface area contributed by atoms with Crippen molar-refractivity contribution in [3.05, 3.63) is 60.2 Å². The minimum atomic E-state index is 0.0269. The molecule has 0 spiro atoms. The molecule has 0 heterocycles. The topological polar surface area (TPSA) is 41.6 Å². The van der Waals surface area contributed by atoms with Gasteiger partial charge in [-0.05, 0) is 49.3 Å². The Morgan fingerprint density at radius 1 is 1.00 bits per heavy atom. The number of amides is 1. The number of anilines is 1. The molecule has 2 rings (SSSR count). The van der Waals surface area contributed by atoms with Crippen LogP contribution in [-0.2, 0) is 11.2 Å². The molecule has 0 saturated heterocycles. The molecule has 0 radical (unpaired) electrons. The summed E-state index contributed by atoms with van der Waals surface area (Å²) in [6, 6.07) is 17.6. The maximum Gasteiger partial charge on any atom is 0.224 e. The summed E-state index contributed by atoms with van der Waals surface area (Å²) in [5.74, 6) is 0.855. The Bertz CT molecular complexity index is 622. The summed E-state index contributed by atoms with van der Waals surface area (Å²) in [7, 11) is 0. The van der Waals surface area contributed by atoms with Gasteiger partial charge < -0.3 is 15.0 Å². The van der Waals surface area contributed by atoms with Crippen molar-refractivity contribution in [3.63, 3.8) is 0 Å². The fraction of sp³-hybridized carbons (Fsp3) is 0.381. The standard InChI is InChI=1S/C21H28N2O2/c1-3-23(4-2)16-17-25-20-13-11-19(12-14-20)22-21(24)15-10-18-8-6-5-7-9-18/h5-9,11-14H,3-4,10,15-17H2,1-2H3,(H,22,24). The summed E-state index contributed by atoms with van der Waals surface area (Å²) >= 11 is 0. The van der Waals surface area contributed by atoms with Crippen molar-refractivity contribution in [1.29, 1.82) is 0 Å². The van der Waals surface area contributed by atoms with Gasteiger partial charge in [0, 0.05) is 18.7 Å². The van der Waals surface area contributed by atoms with E-state index in [4.69, 9.17) is 4.74 Å². The number of hydrogen-bond acceptors (Lipinski definition) is 3. The van der Waals surface area contributed by atoms with Crippen molar-refractivity contribution >= 4 is 11.6 Å². The first-order chi connectivity index (χ1) is 12.2. The van der Waals surface area contributed by atoms with E-state index in [9.17, 15) is 4.79 Å². The molecule has 4 heteroatoms. The van der Waals surface area contributed by atoms with E-state index in [0.29, 0.717) is 13.0 Å². The highest BCUT2D eigenvalue weighted by atomic mass is 16.5. The first-order valence-corrected chi connectivity index (χ1v) is 9.00. The Labute approximate surface area is 150 Å². The first-order valence-electron chi connectivity index (χ1n) is 9.00. The third-order valence-corrected chi connectivity index (χ3v) is 4.19. The number of nitrogens with one attached hydrogen (secondary N) is 1. The van der Waals surface area contributed by atoms with Crippen molar-refractivity contribution in [1.82, 2.24) is 4.90 Å². The maximum atomic E-state index is 12.0. The second kappa shape index (κ2) is 10.5. The van der Waals surface area contributed by atoms with Gasteiger partial charge >= 0.3 is 0 Å². The highest BCUT2D eigenvalue weighted by Gasteiger charge is 2.04. The Kier molecular flexibility index (Phi) is 7.99. The lowest BCUT2D eigenvalue weighted by atomic mass is 10.1. The summed E-state index contributed by atoms with van der Waals surface area (Å²) in [5.41, 5.74) is 1.98. The number of nitrogens with zero attached hydrogens (tertiary/aromatic N) is 1. The second-order valence-corrected chi connectivity index (χ2v) is 5.93. The number of carbonyl (C=O) groups is 1. The molecule has 0 aliphatic rings. The highest BCUT2D eigenvalue weighted by molar-refractivity contribution is 5.90. The quantitative estimate of drug-likeness (QED) is 0.711. The predicted molar refractivity (Wildman–Crippen MR) is 103 cm³/mol. The molecule has 0 aliphatic carbocycles. The molecular weight excluding hydrogens is 312 g/mol. The minimum Gasteiger partial charge on any atom is -0.492 e. The van der Waals surface area contributed by atoms with Crippen LogP contribution < -0.4 is 10.1 Å². The zero-order valence-corrected chi connectivity index (χ0v) is 15.2. The fourth-order valence-corrected chi connectivity index (χ4v) is 2.59. The predicted octanol–water partition coefficient (Wildman–Crippen LogP) is 3.98. The van der Waals surface area contributed by atoms with Gasteiger partial charge in [-0.1, -0.05) is 44.2 Å². The molecule has 0 saturated carbocycles. The molecule has 0 unspecified atom stereocenters. The van der Waals surface area contributed by atoms with Crippen molar-refractivity contribution in [3.8, 4) is 5.75 Å². The van der Waals surface area contributed by atoms with E-state index in [1.165, 1.54) is 5.56 Å². The third kappa shape index (κ3) is 6.98. The Balaban J connectivity index is 1.73. The molecular formula is C21H28N2O2. The van der Waals surface area contributed by atoms with E-state index in [1.807, 2.05) is 54.6 Å². The lowest BCUT2D eigenvalue weighted by molar-refractivity contribution is -0.116. The zero-order chi connectivity index (χ0) is 17.9. The zero-order valence-electron chi connectivity index (χ0n) is 15.2. The molecule has 134 valence electrons. The van der Waals surface area contributed by atoms with Crippen LogP contribution in [0.15, 0.2) is 54.6 Å². The molecule has 25 heavy (non-hydrogen) atoms. The van der Waals surface area contributed by atoms with Crippen molar-refractivity contribution in [2.75, 3.05) is 31.6 Å². The van der Waals surface area contributed by atoms with E-state index < -0.39 is 0 Å². The molecule has 2 aromatic rings. The van der Waals surface area contributed by atoms with Gasteiger partial charge in [0.25, 0.3) is 0 Å². The lowest BCUT2D eigenvalue weighted by Gasteiger charge is -2.18.